The molecule has 0 radical (unpaired) electrons. The molecule has 3 aliphatic rings. The topological polar surface area (TPSA) is 8.17 Å². The normalized spacial score (nSPS) is 13.7. The number of anilines is 3. The van der Waals surface area contributed by atoms with Crippen molar-refractivity contribution in [3.63, 3.8) is 0 Å². The Labute approximate surface area is 455 Å². The van der Waals surface area contributed by atoms with Gasteiger partial charge in [0.25, 0.3) is 0 Å². The van der Waals surface area contributed by atoms with E-state index in [1.54, 1.807) is 0 Å². The second-order valence-corrected chi connectivity index (χ2v) is 21.9. The van der Waals surface area contributed by atoms with Gasteiger partial charge in [0.1, 0.15) is 0 Å². The van der Waals surface area contributed by atoms with Crippen LogP contribution in [0.3, 0.4) is 0 Å². The van der Waals surface area contributed by atoms with Crippen molar-refractivity contribution in [2.45, 2.75) is 24.7 Å². The molecule has 0 saturated carbocycles. The van der Waals surface area contributed by atoms with E-state index in [0.29, 0.717) is 0 Å². The van der Waals surface area contributed by atoms with Gasteiger partial charge in [0.2, 0.25) is 0 Å². The number of hydrogen-bond acceptors (Lipinski definition) is 1. The molecule has 12 aromatic carbocycles. The van der Waals surface area contributed by atoms with Crippen molar-refractivity contribution in [2.75, 3.05) is 4.90 Å². The molecule has 1 heterocycles. The van der Waals surface area contributed by atoms with Gasteiger partial charge in [0, 0.05) is 38.9 Å². The van der Waals surface area contributed by atoms with Crippen LogP contribution < -0.4 is 4.90 Å². The number of hydrogen-bond donors (Lipinski definition) is 0. The lowest BCUT2D eigenvalue weighted by Crippen LogP contribution is -2.26. The molecule has 0 amide bonds. The molecule has 1 aromatic heterocycles. The minimum Gasteiger partial charge on any atom is -0.310 e. The second-order valence-electron chi connectivity index (χ2n) is 21.9. The molecule has 0 atom stereocenters. The maximum atomic E-state index is 2.64. The summed E-state index contributed by atoms with van der Waals surface area (Å²) in [6.07, 6.45) is 0. The van der Waals surface area contributed by atoms with E-state index in [1.807, 2.05) is 0 Å². The van der Waals surface area contributed by atoms with Gasteiger partial charge in [-0.15, -0.1) is 0 Å². The molecular formula is C76H52N2. The van der Waals surface area contributed by atoms with E-state index in [-0.39, 0.29) is 5.41 Å². The summed E-state index contributed by atoms with van der Waals surface area (Å²) in [6.45, 7) is 4.90. The van der Waals surface area contributed by atoms with Crippen molar-refractivity contribution in [1.82, 2.24) is 4.57 Å². The Hall–Kier alpha value is -9.76. The van der Waals surface area contributed by atoms with Crippen LogP contribution in [0.2, 0.25) is 0 Å². The molecule has 0 N–H and O–H groups in total. The van der Waals surface area contributed by atoms with Gasteiger partial charge in [-0.1, -0.05) is 220 Å². The molecule has 3 aliphatic carbocycles. The summed E-state index contributed by atoms with van der Waals surface area (Å²) in [5, 5.41) is 2.42. The van der Waals surface area contributed by atoms with Crippen molar-refractivity contribution in [2.24, 2.45) is 0 Å². The third-order valence-corrected chi connectivity index (χ3v) is 17.5. The van der Waals surface area contributed by atoms with Crippen molar-refractivity contribution in [1.29, 1.82) is 0 Å². The predicted molar refractivity (Wildman–Crippen MR) is 326 cm³/mol. The first kappa shape index (κ1) is 44.5. The van der Waals surface area contributed by atoms with Gasteiger partial charge in [-0.25, -0.2) is 0 Å². The number of aromatic nitrogens is 1. The van der Waals surface area contributed by atoms with Crippen LogP contribution in [0.4, 0.5) is 17.1 Å². The van der Waals surface area contributed by atoms with Crippen LogP contribution in [0.15, 0.2) is 279 Å². The first-order chi connectivity index (χ1) is 38.5. The largest absolute Gasteiger partial charge is 0.310 e. The van der Waals surface area contributed by atoms with Crippen LogP contribution in [-0.2, 0) is 10.8 Å². The van der Waals surface area contributed by atoms with Crippen molar-refractivity contribution < 1.29 is 0 Å². The Kier molecular flexibility index (Phi) is 9.63. The molecule has 0 bridgehead atoms. The average Bonchev–Trinajstić information content (AvgIpc) is 2.80. The van der Waals surface area contributed by atoms with Crippen LogP contribution >= 0.6 is 0 Å². The standard InChI is InChI=1S/C76H52N2/c1-75(2)65-33-17-14-31-61(65)73-72-62-32-15-20-36-68(62)76(66-34-18-12-28-58(66)59-29-13-19-35-67(59)76)69(72)48-63(74(73)75)53-44-52(50-24-8-4-9-25-50)45-57(46-53)77(55-40-38-51(39-41-55)49-22-6-3-7-23-49)56-42-43-71-64(47-56)60-30-16-21-37-70(60)78(71)54-26-10-5-11-27-54/h3-48H,1-2H3. The molecule has 2 heteroatoms. The molecule has 0 unspecified atom stereocenters. The lowest BCUT2D eigenvalue weighted by molar-refractivity contribution is 0.661. The molecule has 1 spiro atoms. The zero-order valence-electron chi connectivity index (χ0n) is 43.5. The fourth-order valence-corrected chi connectivity index (χ4v) is 14.3. The van der Waals surface area contributed by atoms with Gasteiger partial charge < -0.3 is 9.47 Å². The number of nitrogens with zero attached hydrogens (tertiary/aromatic N) is 2. The Balaban J connectivity index is 1.00. The van der Waals surface area contributed by atoms with E-state index in [9.17, 15) is 0 Å². The maximum Gasteiger partial charge on any atom is 0.0725 e. The van der Waals surface area contributed by atoms with Gasteiger partial charge in [-0.3, -0.25) is 0 Å². The second kappa shape index (κ2) is 16.9. The van der Waals surface area contributed by atoms with Gasteiger partial charge in [-0.2, -0.15) is 0 Å². The summed E-state index contributed by atoms with van der Waals surface area (Å²) >= 11 is 0. The van der Waals surface area contributed by atoms with Crippen LogP contribution in [0.1, 0.15) is 47.2 Å². The highest BCUT2D eigenvalue weighted by Crippen LogP contribution is 2.67. The zero-order chi connectivity index (χ0) is 51.7. The van der Waals surface area contributed by atoms with E-state index in [4.69, 9.17) is 0 Å². The highest BCUT2D eigenvalue weighted by molar-refractivity contribution is 6.11. The van der Waals surface area contributed by atoms with E-state index in [2.05, 4.69) is 302 Å². The number of para-hydroxylation sites is 2. The molecule has 2 nitrogen and oxygen atoms in total. The minimum absolute atomic E-state index is 0.319. The predicted octanol–water partition coefficient (Wildman–Crippen LogP) is 19.9. The molecule has 0 aliphatic heterocycles. The third-order valence-electron chi connectivity index (χ3n) is 17.5. The fourth-order valence-electron chi connectivity index (χ4n) is 14.3. The quantitative estimate of drug-likeness (QED) is 0.154. The minimum atomic E-state index is -0.523. The summed E-state index contributed by atoms with van der Waals surface area (Å²) in [5.74, 6) is 0. The summed E-state index contributed by atoms with van der Waals surface area (Å²) in [5.41, 5.74) is 29.2. The zero-order valence-corrected chi connectivity index (χ0v) is 43.5. The highest BCUT2D eigenvalue weighted by atomic mass is 15.1. The molecule has 0 fully saturated rings. The van der Waals surface area contributed by atoms with E-state index in [0.717, 1.165) is 28.3 Å². The summed E-state index contributed by atoms with van der Waals surface area (Å²) < 4.78 is 2.40. The summed E-state index contributed by atoms with van der Waals surface area (Å²) in [4.78, 5) is 2.49. The smallest absolute Gasteiger partial charge is 0.0725 e. The van der Waals surface area contributed by atoms with E-state index >= 15 is 0 Å². The monoisotopic (exact) mass is 992 g/mol. The molecule has 13 aromatic rings. The Morgan fingerprint density at radius 3 is 1.45 bits per heavy atom. The fraction of sp³-hybridized carbons (Fsp3) is 0.0526. The highest BCUT2D eigenvalue weighted by Gasteiger charge is 2.54. The first-order valence-corrected chi connectivity index (χ1v) is 27.3. The first-order valence-electron chi connectivity index (χ1n) is 27.3. The van der Waals surface area contributed by atoms with E-state index < -0.39 is 5.41 Å². The number of benzene rings is 12. The number of fused-ring (bicyclic) bond motifs is 17. The average molecular weight is 993 g/mol. The van der Waals surface area contributed by atoms with Gasteiger partial charge in [-0.05, 0) is 173 Å². The lowest BCUT2D eigenvalue weighted by Gasteiger charge is -2.32. The van der Waals surface area contributed by atoms with Crippen molar-refractivity contribution in [3.05, 3.63) is 312 Å². The van der Waals surface area contributed by atoms with Crippen molar-refractivity contribution in [3.8, 4) is 72.4 Å². The van der Waals surface area contributed by atoms with Crippen LogP contribution in [-0.4, -0.2) is 4.57 Å². The SMILES string of the molecule is CC1(C)c2ccccc2-c2c3c(cc(-c4cc(-c5ccccc5)cc(N(c5ccc(-c6ccccc6)cc5)c5ccc6c(c5)c5ccccc5n6-c5ccccc5)c4)c21)C1(c2ccccc2-c2ccccc21)c1ccccc1-3. The van der Waals surface area contributed by atoms with Crippen LogP contribution in [0.25, 0.3) is 94.3 Å². The van der Waals surface area contributed by atoms with E-state index in [1.165, 1.54) is 116 Å². The summed E-state index contributed by atoms with van der Waals surface area (Å²) in [7, 11) is 0. The Morgan fingerprint density at radius 1 is 0.295 bits per heavy atom. The lowest BCUT2D eigenvalue weighted by atomic mass is 9.69. The van der Waals surface area contributed by atoms with Crippen LogP contribution in [0, 0.1) is 0 Å². The molecular weight excluding hydrogens is 941 g/mol. The Bertz CT molecular complexity index is 4520. The molecule has 16 rings (SSSR count). The molecule has 0 saturated heterocycles. The van der Waals surface area contributed by atoms with Gasteiger partial charge in [0.15, 0.2) is 0 Å². The van der Waals surface area contributed by atoms with Crippen LogP contribution in [0.5, 0.6) is 0 Å². The molecule has 78 heavy (non-hydrogen) atoms. The Morgan fingerprint density at radius 2 is 0.782 bits per heavy atom. The summed E-state index contributed by atoms with van der Waals surface area (Å²) in [6, 6.07) is 104. The van der Waals surface area contributed by atoms with Gasteiger partial charge in [0.05, 0.1) is 16.4 Å². The molecule has 366 valence electrons. The van der Waals surface area contributed by atoms with Gasteiger partial charge >= 0.3 is 0 Å². The van der Waals surface area contributed by atoms with Crippen molar-refractivity contribution >= 4 is 38.9 Å². The maximum absolute atomic E-state index is 2.64. The number of rotatable bonds is 7. The third kappa shape index (κ3) is 6.26.